The van der Waals surface area contributed by atoms with Gasteiger partial charge in [-0.3, -0.25) is 19.9 Å². The van der Waals surface area contributed by atoms with Gasteiger partial charge in [-0.05, 0) is 24.6 Å². The summed E-state index contributed by atoms with van der Waals surface area (Å²) in [5, 5.41) is 0. The molecule has 6 heteroatoms. The van der Waals surface area contributed by atoms with Crippen LogP contribution in [0.25, 0.3) is 0 Å². The van der Waals surface area contributed by atoms with E-state index < -0.39 is 0 Å². The zero-order valence-electron chi connectivity index (χ0n) is 11.9. The van der Waals surface area contributed by atoms with Crippen LogP contribution in [0.1, 0.15) is 30.9 Å². The summed E-state index contributed by atoms with van der Waals surface area (Å²) in [5.41, 5.74) is 9.31. The fraction of sp³-hybridized carbons (Fsp3) is 0.429. The summed E-state index contributed by atoms with van der Waals surface area (Å²) >= 11 is 0. The van der Waals surface area contributed by atoms with Crippen molar-refractivity contribution in [3.05, 3.63) is 35.4 Å². The number of nitrogens with zero attached hydrogens (tertiary/aromatic N) is 1. The predicted octanol–water partition coefficient (Wildman–Crippen LogP) is 0.0872. The largest absolute Gasteiger partial charge is 0.369 e. The molecular formula is C14H22N4O2. The Morgan fingerprint density at radius 2 is 1.90 bits per heavy atom. The molecule has 0 radical (unpaired) electrons. The van der Waals surface area contributed by atoms with Gasteiger partial charge in [-0.15, -0.1) is 0 Å². The van der Waals surface area contributed by atoms with E-state index in [0.29, 0.717) is 6.54 Å². The highest BCUT2D eigenvalue weighted by Crippen LogP contribution is 2.16. The predicted molar refractivity (Wildman–Crippen MR) is 77.3 cm³/mol. The number of likely N-dealkylation sites (N-methyl/N-ethyl adjacent to an activating group) is 1. The van der Waals surface area contributed by atoms with E-state index in [1.165, 1.54) is 0 Å². The lowest BCUT2D eigenvalue weighted by atomic mass is 9.99. The number of nitrogens with two attached hydrogens (primary N) is 2. The highest BCUT2D eigenvalue weighted by atomic mass is 16.2. The molecule has 0 aliphatic rings. The average molecular weight is 278 g/mol. The second kappa shape index (κ2) is 7.62. The maximum atomic E-state index is 11.4. The van der Waals surface area contributed by atoms with Gasteiger partial charge in [-0.25, -0.2) is 5.84 Å². The van der Waals surface area contributed by atoms with Gasteiger partial charge in [0.15, 0.2) is 0 Å². The first-order valence-corrected chi connectivity index (χ1v) is 6.57. The normalized spacial score (nSPS) is 12.2. The number of carbonyl (C=O) groups excluding carboxylic acids is 2. The summed E-state index contributed by atoms with van der Waals surface area (Å²) in [6.07, 6.45) is 0. The first-order chi connectivity index (χ1) is 9.47. The Morgan fingerprint density at radius 1 is 1.30 bits per heavy atom. The second-order valence-electron chi connectivity index (χ2n) is 4.74. The lowest BCUT2D eigenvalue weighted by molar-refractivity contribution is -0.122. The second-order valence-corrected chi connectivity index (χ2v) is 4.74. The van der Waals surface area contributed by atoms with Gasteiger partial charge < -0.3 is 5.73 Å². The zero-order valence-corrected chi connectivity index (χ0v) is 11.9. The highest BCUT2D eigenvalue weighted by Gasteiger charge is 2.14. The van der Waals surface area contributed by atoms with Crippen LogP contribution in [-0.4, -0.2) is 29.8 Å². The number of hydrogen-bond acceptors (Lipinski definition) is 4. The van der Waals surface area contributed by atoms with Crippen LogP contribution in [0.2, 0.25) is 0 Å². The maximum absolute atomic E-state index is 11.4. The minimum Gasteiger partial charge on any atom is -0.369 e. The van der Waals surface area contributed by atoms with E-state index in [1.54, 1.807) is 6.92 Å². The number of rotatable bonds is 7. The monoisotopic (exact) mass is 278 g/mol. The van der Waals surface area contributed by atoms with Gasteiger partial charge in [-0.2, -0.15) is 0 Å². The van der Waals surface area contributed by atoms with Crippen LogP contribution in [0, 0.1) is 0 Å². The van der Waals surface area contributed by atoms with Crippen molar-refractivity contribution in [3.63, 3.8) is 0 Å². The van der Waals surface area contributed by atoms with Gasteiger partial charge in [0.25, 0.3) is 0 Å². The first-order valence-electron chi connectivity index (χ1n) is 6.57. The van der Waals surface area contributed by atoms with E-state index in [0.717, 1.165) is 17.7 Å². The number of nitrogens with one attached hydrogen (secondary N) is 1. The number of carbonyl (C=O) groups is 2. The Labute approximate surface area is 119 Å². The standard InChI is InChI=1S/C14H22N4O2/c1-3-18(9-13(15)19)8-11-4-6-12(7-5-11)10(2)14(20)17-16/h4-7,10H,3,8-9,16H2,1-2H3,(H2,15,19)(H,17,20). The number of primary amides is 1. The van der Waals surface area contributed by atoms with E-state index in [-0.39, 0.29) is 24.3 Å². The molecule has 20 heavy (non-hydrogen) atoms. The van der Waals surface area contributed by atoms with Crippen molar-refractivity contribution < 1.29 is 9.59 Å². The first kappa shape index (κ1) is 16.1. The van der Waals surface area contributed by atoms with E-state index in [9.17, 15) is 9.59 Å². The van der Waals surface area contributed by atoms with Gasteiger partial charge in [0.2, 0.25) is 11.8 Å². The summed E-state index contributed by atoms with van der Waals surface area (Å²) in [6, 6.07) is 7.68. The van der Waals surface area contributed by atoms with Crippen LogP contribution in [-0.2, 0) is 16.1 Å². The van der Waals surface area contributed by atoms with Crippen molar-refractivity contribution in [1.29, 1.82) is 0 Å². The third kappa shape index (κ3) is 4.64. The van der Waals surface area contributed by atoms with Crippen LogP contribution in [0.5, 0.6) is 0 Å². The molecule has 0 aliphatic heterocycles. The van der Waals surface area contributed by atoms with Gasteiger partial charge in [0.1, 0.15) is 0 Å². The molecule has 6 nitrogen and oxygen atoms in total. The molecule has 0 heterocycles. The molecule has 0 saturated heterocycles. The number of hydrogen-bond donors (Lipinski definition) is 3. The van der Waals surface area contributed by atoms with E-state index >= 15 is 0 Å². The summed E-state index contributed by atoms with van der Waals surface area (Å²) in [6.45, 7) is 5.41. The average Bonchev–Trinajstić information content (AvgIpc) is 2.45. The van der Waals surface area contributed by atoms with Gasteiger partial charge in [0, 0.05) is 6.54 Å². The number of benzene rings is 1. The van der Waals surface area contributed by atoms with Gasteiger partial charge >= 0.3 is 0 Å². The molecule has 0 aliphatic carbocycles. The van der Waals surface area contributed by atoms with Gasteiger partial charge in [0.05, 0.1) is 12.5 Å². The van der Waals surface area contributed by atoms with Crippen LogP contribution in [0.4, 0.5) is 0 Å². The van der Waals surface area contributed by atoms with Crippen LogP contribution in [0.15, 0.2) is 24.3 Å². The van der Waals surface area contributed by atoms with Crippen LogP contribution >= 0.6 is 0 Å². The molecule has 0 spiro atoms. The van der Waals surface area contributed by atoms with E-state index in [4.69, 9.17) is 11.6 Å². The minimum absolute atomic E-state index is 0.221. The summed E-state index contributed by atoms with van der Waals surface area (Å²) in [5.74, 6) is 4.27. The Balaban J connectivity index is 2.71. The topological polar surface area (TPSA) is 101 Å². The zero-order chi connectivity index (χ0) is 15.1. The lowest BCUT2D eigenvalue weighted by Gasteiger charge is -2.19. The molecular weight excluding hydrogens is 256 g/mol. The van der Waals surface area contributed by atoms with E-state index in [1.807, 2.05) is 36.1 Å². The summed E-state index contributed by atoms with van der Waals surface area (Å²) in [7, 11) is 0. The lowest BCUT2D eigenvalue weighted by Crippen LogP contribution is -2.34. The van der Waals surface area contributed by atoms with Crippen LogP contribution < -0.4 is 17.0 Å². The molecule has 5 N–H and O–H groups in total. The number of amides is 2. The van der Waals surface area contributed by atoms with Crippen molar-refractivity contribution in [1.82, 2.24) is 10.3 Å². The SMILES string of the molecule is CCN(CC(N)=O)Cc1ccc(C(C)C(=O)NN)cc1. The number of hydrazine groups is 1. The fourth-order valence-electron chi connectivity index (χ4n) is 1.95. The molecule has 0 aromatic heterocycles. The molecule has 110 valence electrons. The summed E-state index contributed by atoms with van der Waals surface area (Å²) in [4.78, 5) is 24.3. The third-order valence-corrected chi connectivity index (χ3v) is 3.25. The van der Waals surface area contributed by atoms with Crippen molar-refractivity contribution in [2.75, 3.05) is 13.1 Å². The molecule has 1 rings (SSSR count). The highest BCUT2D eigenvalue weighted by molar-refractivity contribution is 5.82. The van der Waals surface area contributed by atoms with Gasteiger partial charge in [-0.1, -0.05) is 31.2 Å². The fourth-order valence-corrected chi connectivity index (χ4v) is 1.95. The smallest absolute Gasteiger partial charge is 0.241 e. The molecule has 2 amide bonds. The molecule has 0 saturated carbocycles. The molecule has 0 bridgehead atoms. The molecule has 1 atom stereocenters. The van der Waals surface area contributed by atoms with E-state index in [2.05, 4.69) is 5.43 Å². The molecule has 0 fully saturated rings. The van der Waals surface area contributed by atoms with Crippen LogP contribution in [0.3, 0.4) is 0 Å². The van der Waals surface area contributed by atoms with Crippen molar-refractivity contribution >= 4 is 11.8 Å². The third-order valence-electron chi connectivity index (χ3n) is 3.25. The minimum atomic E-state index is -0.336. The Hall–Kier alpha value is -1.92. The quantitative estimate of drug-likeness (QED) is 0.373. The van der Waals surface area contributed by atoms with Crippen molar-refractivity contribution in [2.45, 2.75) is 26.3 Å². The molecule has 1 unspecified atom stereocenters. The van der Waals surface area contributed by atoms with Crippen molar-refractivity contribution in [2.24, 2.45) is 11.6 Å². The Morgan fingerprint density at radius 3 is 2.35 bits per heavy atom. The van der Waals surface area contributed by atoms with Crippen molar-refractivity contribution in [3.8, 4) is 0 Å². The Bertz CT molecular complexity index is 459. The summed E-state index contributed by atoms with van der Waals surface area (Å²) < 4.78 is 0. The Kier molecular flexibility index (Phi) is 6.14. The molecule has 1 aromatic rings. The maximum Gasteiger partial charge on any atom is 0.241 e. The molecule has 1 aromatic carbocycles.